The molecule has 0 aliphatic rings. The second-order valence-electron chi connectivity index (χ2n) is 5.64. The van der Waals surface area contributed by atoms with Gasteiger partial charge in [-0.1, -0.05) is 33.6 Å². The largest absolute Gasteiger partial charge is 0.332 e. The van der Waals surface area contributed by atoms with E-state index in [0.29, 0.717) is 10.7 Å². The second-order valence-corrected chi connectivity index (χ2v) is 6.97. The minimum Gasteiger partial charge on any atom is -0.332 e. The molecule has 120 valence electrons. The third-order valence-corrected chi connectivity index (χ3v) is 4.25. The summed E-state index contributed by atoms with van der Waals surface area (Å²) in [5, 5.41) is 6.15. The predicted molar refractivity (Wildman–Crippen MR) is 103 cm³/mol. The Morgan fingerprint density at radius 3 is 2.17 bits per heavy atom. The molecule has 0 heterocycles. The van der Waals surface area contributed by atoms with Crippen LogP contribution in [0, 0.1) is 27.7 Å². The van der Waals surface area contributed by atoms with Crippen molar-refractivity contribution in [3.63, 3.8) is 0 Å². The van der Waals surface area contributed by atoms with Crippen molar-refractivity contribution in [2.24, 2.45) is 0 Å². The summed E-state index contributed by atoms with van der Waals surface area (Å²) in [5.74, 6) is -0.201. The van der Waals surface area contributed by atoms with Crippen LogP contribution in [-0.2, 0) is 0 Å². The van der Waals surface area contributed by atoms with Gasteiger partial charge in [0.2, 0.25) is 0 Å². The average Bonchev–Trinajstić information content (AvgIpc) is 2.42. The van der Waals surface area contributed by atoms with Gasteiger partial charge in [0.1, 0.15) is 0 Å². The summed E-state index contributed by atoms with van der Waals surface area (Å²) >= 11 is 8.75. The van der Waals surface area contributed by atoms with E-state index in [1.54, 1.807) is 0 Å². The van der Waals surface area contributed by atoms with Crippen molar-refractivity contribution in [2.45, 2.75) is 27.7 Å². The standard InChI is InChI=1S/C18H19BrN2OS/c1-10-5-6-15(11(2)7-10)17(22)21-18(23)20-16-12(3)8-14(19)9-13(16)4/h5-9H,1-4H3,(H2,20,21,22,23). The number of rotatable bonds is 2. The lowest BCUT2D eigenvalue weighted by Crippen LogP contribution is -2.34. The van der Waals surface area contributed by atoms with Gasteiger partial charge >= 0.3 is 0 Å². The number of halogens is 1. The van der Waals surface area contributed by atoms with Gasteiger partial charge in [-0.05, 0) is 74.8 Å². The fourth-order valence-corrected chi connectivity index (χ4v) is 3.37. The summed E-state index contributed by atoms with van der Waals surface area (Å²) in [6.45, 7) is 7.91. The third kappa shape index (κ3) is 4.39. The van der Waals surface area contributed by atoms with Gasteiger partial charge in [-0.2, -0.15) is 0 Å². The summed E-state index contributed by atoms with van der Waals surface area (Å²) < 4.78 is 1.02. The number of thiocarbonyl (C=S) groups is 1. The molecule has 0 atom stereocenters. The predicted octanol–water partition coefficient (Wildman–Crippen LogP) is 4.81. The Kier molecular flexibility index (Phi) is 5.55. The molecule has 5 heteroatoms. The van der Waals surface area contributed by atoms with Gasteiger partial charge in [-0.3, -0.25) is 10.1 Å². The van der Waals surface area contributed by atoms with E-state index in [0.717, 1.165) is 32.4 Å². The molecule has 2 aromatic rings. The molecule has 0 aromatic heterocycles. The van der Waals surface area contributed by atoms with E-state index in [9.17, 15) is 4.79 Å². The van der Waals surface area contributed by atoms with Crippen molar-refractivity contribution in [1.82, 2.24) is 5.32 Å². The van der Waals surface area contributed by atoms with Crippen molar-refractivity contribution in [3.05, 3.63) is 62.6 Å². The van der Waals surface area contributed by atoms with Gasteiger partial charge < -0.3 is 5.32 Å². The fraction of sp³-hybridized carbons (Fsp3) is 0.222. The number of nitrogens with one attached hydrogen (secondary N) is 2. The highest BCUT2D eigenvalue weighted by molar-refractivity contribution is 9.10. The summed E-state index contributed by atoms with van der Waals surface area (Å²) in [6.07, 6.45) is 0. The van der Waals surface area contributed by atoms with Crippen LogP contribution in [0.5, 0.6) is 0 Å². The molecule has 23 heavy (non-hydrogen) atoms. The molecule has 0 radical (unpaired) electrons. The summed E-state index contributed by atoms with van der Waals surface area (Å²) in [7, 11) is 0. The Balaban J connectivity index is 2.12. The molecule has 2 N–H and O–H groups in total. The van der Waals surface area contributed by atoms with Crippen molar-refractivity contribution in [3.8, 4) is 0 Å². The Morgan fingerprint density at radius 2 is 1.61 bits per heavy atom. The lowest BCUT2D eigenvalue weighted by molar-refractivity contribution is 0.0977. The van der Waals surface area contributed by atoms with E-state index >= 15 is 0 Å². The van der Waals surface area contributed by atoms with Crippen LogP contribution in [0.4, 0.5) is 5.69 Å². The topological polar surface area (TPSA) is 41.1 Å². The van der Waals surface area contributed by atoms with Crippen LogP contribution >= 0.6 is 28.1 Å². The van der Waals surface area contributed by atoms with E-state index in [-0.39, 0.29) is 5.91 Å². The number of hydrogen-bond donors (Lipinski definition) is 2. The zero-order valence-electron chi connectivity index (χ0n) is 13.6. The van der Waals surface area contributed by atoms with Crippen LogP contribution in [0.15, 0.2) is 34.8 Å². The van der Waals surface area contributed by atoms with E-state index in [1.807, 2.05) is 58.0 Å². The molecular weight excluding hydrogens is 372 g/mol. The van der Waals surface area contributed by atoms with E-state index < -0.39 is 0 Å². The highest BCUT2D eigenvalue weighted by Crippen LogP contribution is 2.25. The third-order valence-electron chi connectivity index (χ3n) is 3.59. The van der Waals surface area contributed by atoms with Crippen LogP contribution < -0.4 is 10.6 Å². The van der Waals surface area contributed by atoms with E-state index in [4.69, 9.17) is 12.2 Å². The number of carbonyl (C=O) groups is 1. The summed E-state index contributed by atoms with van der Waals surface area (Å²) in [6, 6.07) is 9.72. The molecule has 0 aliphatic carbocycles. The first-order valence-electron chi connectivity index (χ1n) is 7.24. The van der Waals surface area contributed by atoms with E-state index in [2.05, 4.69) is 26.6 Å². The minimum absolute atomic E-state index is 0.201. The Bertz CT molecular complexity index is 764. The van der Waals surface area contributed by atoms with Crippen LogP contribution in [0.1, 0.15) is 32.6 Å². The second kappa shape index (κ2) is 7.23. The first-order valence-corrected chi connectivity index (χ1v) is 8.44. The minimum atomic E-state index is -0.201. The molecule has 0 saturated carbocycles. The number of amides is 1. The molecule has 0 fully saturated rings. The number of anilines is 1. The maximum absolute atomic E-state index is 12.4. The zero-order valence-corrected chi connectivity index (χ0v) is 16.0. The number of carbonyl (C=O) groups excluding carboxylic acids is 1. The lowest BCUT2D eigenvalue weighted by atomic mass is 10.1. The average molecular weight is 391 g/mol. The monoisotopic (exact) mass is 390 g/mol. The first-order chi connectivity index (χ1) is 10.8. The summed E-state index contributed by atoms with van der Waals surface area (Å²) in [5.41, 5.74) is 5.71. The van der Waals surface area contributed by atoms with Gasteiger partial charge in [-0.25, -0.2) is 0 Å². The first kappa shape index (κ1) is 17.6. The normalized spacial score (nSPS) is 10.3. The van der Waals surface area contributed by atoms with Crippen molar-refractivity contribution < 1.29 is 4.79 Å². The lowest BCUT2D eigenvalue weighted by Gasteiger charge is -2.15. The number of hydrogen-bond acceptors (Lipinski definition) is 2. The maximum Gasteiger partial charge on any atom is 0.257 e. The quantitative estimate of drug-likeness (QED) is 0.722. The highest BCUT2D eigenvalue weighted by Gasteiger charge is 2.12. The highest BCUT2D eigenvalue weighted by atomic mass is 79.9. The van der Waals surface area contributed by atoms with Crippen LogP contribution in [-0.4, -0.2) is 11.0 Å². The Labute approximate surface area is 150 Å². The molecule has 2 aromatic carbocycles. The molecule has 2 rings (SSSR count). The maximum atomic E-state index is 12.4. The van der Waals surface area contributed by atoms with Crippen molar-refractivity contribution in [1.29, 1.82) is 0 Å². The van der Waals surface area contributed by atoms with Crippen LogP contribution in [0.3, 0.4) is 0 Å². The van der Waals surface area contributed by atoms with Gasteiger partial charge in [0.15, 0.2) is 5.11 Å². The molecule has 0 unspecified atom stereocenters. The van der Waals surface area contributed by atoms with Crippen molar-refractivity contribution in [2.75, 3.05) is 5.32 Å². The molecular formula is C18H19BrN2OS. The smallest absolute Gasteiger partial charge is 0.257 e. The molecule has 1 amide bonds. The van der Waals surface area contributed by atoms with Crippen LogP contribution in [0.2, 0.25) is 0 Å². The van der Waals surface area contributed by atoms with Crippen LogP contribution in [0.25, 0.3) is 0 Å². The molecule has 0 saturated heterocycles. The SMILES string of the molecule is Cc1ccc(C(=O)NC(=S)Nc2c(C)cc(Br)cc2C)c(C)c1. The Morgan fingerprint density at radius 1 is 1.00 bits per heavy atom. The summed E-state index contributed by atoms with van der Waals surface area (Å²) in [4.78, 5) is 12.4. The molecule has 0 bridgehead atoms. The number of benzene rings is 2. The van der Waals surface area contributed by atoms with E-state index in [1.165, 1.54) is 0 Å². The Hall–Kier alpha value is -1.72. The van der Waals surface area contributed by atoms with Gasteiger partial charge in [-0.15, -0.1) is 0 Å². The molecule has 0 aliphatic heterocycles. The van der Waals surface area contributed by atoms with Gasteiger partial charge in [0.05, 0.1) is 0 Å². The number of aryl methyl sites for hydroxylation is 4. The molecule has 3 nitrogen and oxygen atoms in total. The zero-order chi connectivity index (χ0) is 17.1. The fourth-order valence-electron chi connectivity index (χ4n) is 2.49. The molecule has 0 spiro atoms. The van der Waals surface area contributed by atoms with Gasteiger partial charge in [0.25, 0.3) is 5.91 Å². The van der Waals surface area contributed by atoms with Gasteiger partial charge in [0, 0.05) is 15.7 Å². The van der Waals surface area contributed by atoms with Crippen molar-refractivity contribution >= 4 is 44.9 Å².